The molecule has 0 bridgehead atoms. The second-order valence-electron chi connectivity index (χ2n) is 10.3. The molecule has 4 heterocycles. The molecule has 0 radical (unpaired) electrons. The highest BCUT2D eigenvalue weighted by Gasteiger charge is 2.23. The van der Waals surface area contributed by atoms with Crippen molar-refractivity contribution in [3.63, 3.8) is 0 Å². The largest absolute Gasteiger partial charge is 0.354 e. The van der Waals surface area contributed by atoms with Crippen molar-refractivity contribution in [3.8, 4) is 10.6 Å². The minimum Gasteiger partial charge on any atom is -0.354 e. The maximum Gasteiger partial charge on any atom is 0.348 e. The van der Waals surface area contributed by atoms with Gasteiger partial charge in [0.2, 0.25) is 0 Å². The molecule has 0 aliphatic carbocycles. The molecule has 3 aromatic rings. The number of anilines is 1. The number of unbranched alkanes of at least 4 members (excludes halogenated alkanes) is 1. The lowest BCUT2D eigenvalue weighted by molar-refractivity contribution is 0.250. The Hall–Kier alpha value is -2.58. The average molecular weight is 495 g/mol. The minimum atomic E-state index is -0.161. The molecule has 1 saturated heterocycles. The van der Waals surface area contributed by atoms with Gasteiger partial charge in [0.25, 0.3) is 0 Å². The van der Waals surface area contributed by atoms with Gasteiger partial charge in [0, 0.05) is 56.1 Å². The molecular weight excluding hydrogens is 456 g/mol. The molecule has 35 heavy (non-hydrogen) atoms. The first-order valence-electron chi connectivity index (χ1n) is 12.8. The van der Waals surface area contributed by atoms with Gasteiger partial charge in [-0.25, -0.2) is 14.8 Å². The fraction of sp³-hybridized carbons (Fsp3) is 0.556. The van der Waals surface area contributed by atoms with Gasteiger partial charge in [-0.05, 0) is 43.3 Å². The van der Waals surface area contributed by atoms with Gasteiger partial charge in [-0.1, -0.05) is 40.2 Å². The second-order valence-corrected chi connectivity index (χ2v) is 11.3. The Morgan fingerprint density at radius 3 is 2.43 bits per heavy atom. The molecule has 0 atom stereocenters. The van der Waals surface area contributed by atoms with E-state index in [1.165, 1.54) is 0 Å². The Morgan fingerprint density at radius 1 is 1.00 bits per heavy atom. The van der Waals surface area contributed by atoms with E-state index in [0.717, 1.165) is 86.3 Å². The van der Waals surface area contributed by atoms with Gasteiger partial charge >= 0.3 is 5.69 Å². The Bertz CT molecular complexity index is 1140. The van der Waals surface area contributed by atoms with E-state index in [1.807, 2.05) is 29.8 Å². The maximum absolute atomic E-state index is 12.4. The van der Waals surface area contributed by atoms with Gasteiger partial charge in [0.15, 0.2) is 0 Å². The molecule has 0 spiro atoms. The molecule has 0 aromatic carbocycles. The van der Waals surface area contributed by atoms with Crippen LogP contribution in [0.1, 0.15) is 58.5 Å². The molecule has 1 fully saturated rings. The summed E-state index contributed by atoms with van der Waals surface area (Å²) in [5.41, 5.74) is 1.70. The van der Waals surface area contributed by atoms with Crippen LogP contribution in [0.4, 0.5) is 5.82 Å². The van der Waals surface area contributed by atoms with Gasteiger partial charge in [0.05, 0.1) is 10.6 Å². The molecule has 0 saturated carbocycles. The molecule has 0 N–H and O–H groups in total. The van der Waals surface area contributed by atoms with E-state index >= 15 is 0 Å². The van der Waals surface area contributed by atoms with Crippen LogP contribution in [0.5, 0.6) is 0 Å². The third-order valence-electron chi connectivity index (χ3n) is 6.41. The summed E-state index contributed by atoms with van der Waals surface area (Å²) in [5, 5.41) is 2.00. The molecule has 1 aliphatic heterocycles. The lowest BCUT2D eigenvalue weighted by atomic mass is 9.95. The fourth-order valence-electron chi connectivity index (χ4n) is 4.34. The number of rotatable bonds is 9. The zero-order valence-electron chi connectivity index (χ0n) is 21.5. The summed E-state index contributed by atoms with van der Waals surface area (Å²) < 4.78 is 1.73. The van der Waals surface area contributed by atoms with Crippen LogP contribution in [0.2, 0.25) is 0 Å². The predicted molar refractivity (Wildman–Crippen MR) is 144 cm³/mol. The summed E-state index contributed by atoms with van der Waals surface area (Å²) in [7, 11) is 0. The number of nitrogens with zero attached hydrogens (tertiary/aromatic N) is 6. The summed E-state index contributed by atoms with van der Waals surface area (Å²) in [5.74, 6) is 2.01. The third-order valence-corrected chi connectivity index (χ3v) is 7.30. The molecule has 4 rings (SSSR count). The van der Waals surface area contributed by atoms with Crippen LogP contribution in [-0.2, 0) is 18.4 Å². The zero-order chi connectivity index (χ0) is 24.8. The van der Waals surface area contributed by atoms with Gasteiger partial charge < -0.3 is 4.90 Å². The van der Waals surface area contributed by atoms with Crippen molar-refractivity contribution in [1.82, 2.24) is 24.4 Å². The number of hydrogen-bond acceptors (Lipinski definition) is 7. The number of hydrogen-bond donors (Lipinski definition) is 0. The van der Waals surface area contributed by atoms with Crippen LogP contribution >= 0.6 is 11.3 Å². The van der Waals surface area contributed by atoms with Crippen LogP contribution in [0, 0.1) is 0 Å². The monoisotopic (exact) mass is 494 g/mol. The number of aryl methyl sites for hydroxylation is 2. The highest BCUT2D eigenvalue weighted by Crippen LogP contribution is 2.24. The number of thiophene rings is 1. The predicted octanol–water partition coefficient (Wildman–Crippen LogP) is 4.61. The molecule has 188 valence electrons. The topological polar surface area (TPSA) is 67.2 Å². The molecule has 7 nitrogen and oxygen atoms in total. The molecule has 3 aromatic heterocycles. The van der Waals surface area contributed by atoms with Gasteiger partial charge in [-0.3, -0.25) is 9.47 Å². The Balaban J connectivity index is 1.25. The third kappa shape index (κ3) is 6.76. The molecule has 0 amide bonds. The van der Waals surface area contributed by atoms with Crippen LogP contribution in [0.15, 0.2) is 40.6 Å². The van der Waals surface area contributed by atoms with E-state index in [2.05, 4.69) is 48.5 Å². The number of piperazine rings is 1. The lowest BCUT2D eigenvalue weighted by Gasteiger charge is -2.36. The van der Waals surface area contributed by atoms with E-state index in [0.29, 0.717) is 6.54 Å². The van der Waals surface area contributed by atoms with Crippen molar-refractivity contribution in [2.45, 2.75) is 65.3 Å². The van der Waals surface area contributed by atoms with Crippen LogP contribution in [0.25, 0.3) is 10.6 Å². The summed E-state index contributed by atoms with van der Waals surface area (Å²) >= 11 is 1.60. The zero-order valence-corrected chi connectivity index (χ0v) is 22.4. The van der Waals surface area contributed by atoms with Gasteiger partial charge in [-0.15, -0.1) is 11.3 Å². The Labute approximate surface area is 212 Å². The highest BCUT2D eigenvalue weighted by atomic mass is 32.1. The van der Waals surface area contributed by atoms with E-state index in [1.54, 1.807) is 15.9 Å². The van der Waals surface area contributed by atoms with Gasteiger partial charge in [-0.2, -0.15) is 4.98 Å². The summed E-state index contributed by atoms with van der Waals surface area (Å²) in [6.07, 6.45) is 6.01. The second kappa shape index (κ2) is 11.4. The Morgan fingerprint density at radius 2 is 1.77 bits per heavy atom. The quantitative estimate of drug-likeness (QED) is 0.405. The highest BCUT2D eigenvalue weighted by molar-refractivity contribution is 7.13. The van der Waals surface area contributed by atoms with Crippen LogP contribution < -0.4 is 10.6 Å². The number of aromatic nitrogens is 4. The summed E-state index contributed by atoms with van der Waals surface area (Å²) in [6.45, 7) is 14.6. The molecule has 8 heteroatoms. The average Bonchev–Trinajstić information content (AvgIpc) is 3.38. The first-order chi connectivity index (χ1) is 16.8. The molecule has 0 unspecified atom stereocenters. The summed E-state index contributed by atoms with van der Waals surface area (Å²) in [6, 6.07) is 8.10. The van der Waals surface area contributed by atoms with Crippen molar-refractivity contribution < 1.29 is 0 Å². The smallest absolute Gasteiger partial charge is 0.348 e. The van der Waals surface area contributed by atoms with Crippen molar-refractivity contribution in [3.05, 3.63) is 57.8 Å². The van der Waals surface area contributed by atoms with E-state index in [4.69, 9.17) is 9.97 Å². The molecular formula is C27H38N6OS. The van der Waals surface area contributed by atoms with Gasteiger partial charge in [0.1, 0.15) is 11.6 Å². The minimum absolute atomic E-state index is 0.0535. The maximum atomic E-state index is 12.4. The van der Waals surface area contributed by atoms with Crippen LogP contribution in [0.3, 0.4) is 0 Å². The van der Waals surface area contributed by atoms with E-state index in [-0.39, 0.29) is 11.1 Å². The normalized spacial score (nSPS) is 15.0. The van der Waals surface area contributed by atoms with Crippen molar-refractivity contribution >= 4 is 17.2 Å². The summed E-state index contributed by atoms with van der Waals surface area (Å²) in [4.78, 5) is 32.4. The SMILES string of the molecule is CCCc1cc(N2CCN(CCCCn3ccc(-c4cccs4)nc3=O)CC2)nc(C(C)(C)C)n1. The first-order valence-corrected chi connectivity index (χ1v) is 13.7. The lowest BCUT2D eigenvalue weighted by Crippen LogP contribution is -2.47. The van der Waals surface area contributed by atoms with E-state index < -0.39 is 0 Å². The van der Waals surface area contributed by atoms with Crippen molar-refractivity contribution in [2.75, 3.05) is 37.6 Å². The van der Waals surface area contributed by atoms with Crippen LogP contribution in [-0.4, -0.2) is 57.1 Å². The van der Waals surface area contributed by atoms with Crippen molar-refractivity contribution in [1.29, 1.82) is 0 Å². The first kappa shape index (κ1) is 25.5. The Kier molecular flexibility index (Phi) is 8.34. The molecule has 1 aliphatic rings. The van der Waals surface area contributed by atoms with Crippen molar-refractivity contribution in [2.24, 2.45) is 0 Å². The van der Waals surface area contributed by atoms with E-state index in [9.17, 15) is 4.79 Å². The standard InChI is InChI=1S/C27H38N6OS/c1-5-9-21-20-24(30-25(28-21)27(2,3)4)32-17-15-31(16-18-32)12-6-7-13-33-14-11-22(29-26(33)34)23-10-8-19-35-23/h8,10-11,14,19-20H,5-7,9,12-13,15-18H2,1-4H3. The fourth-order valence-corrected chi connectivity index (χ4v) is 5.04.